The third-order valence-electron chi connectivity index (χ3n) is 2.66. The molecule has 0 saturated carbocycles. The number of nitriles is 1. The lowest BCUT2D eigenvalue weighted by Gasteiger charge is -2.19. The predicted molar refractivity (Wildman–Crippen MR) is 71.6 cm³/mol. The van der Waals surface area contributed by atoms with Gasteiger partial charge >= 0.3 is 0 Å². The minimum absolute atomic E-state index is 0.0293. The minimum Gasteiger partial charge on any atom is -0.508 e. The van der Waals surface area contributed by atoms with Crippen molar-refractivity contribution >= 4 is 15.9 Å². The maximum Gasteiger partial charge on any atom is 0.120 e. The van der Waals surface area contributed by atoms with Crippen molar-refractivity contribution in [1.82, 2.24) is 5.32 Å². The summed E-state index contributed by atoms with van der Waals surface area (Å²) in [4.78, 5) is 0. The van der Waals surface area contributed by atoms with Gasteiger partial charge in [0.05, 0.1) is 12.0 Å². The minimum atomic E-state index is -0.0293. The lowest BCUT2D eigenvalue weighted by Crippen LogP contribution is -2.25. The first-order valence-electron chi connectivity index (χ1n) is 5.69. The van der Waals surface area contributed by atoms with Crippen LogP contribution in [0.2, 0.25) is 0 Å². The van der Waals surface area contributed by atoms with Crippen molar-refractivity contribution in [2.45, 2.75) is 26.3 Å². The van der Waals surface area contributed by atoms with Gasteiger partial charge in [-0.15, -0.1) is 0 Å². The third kappa shape index (κ3) is 4.03. The number of nitrogens with zero attached hydrogens (tertiary/aromatic N) is 1. The average Bonchev–Trinajstić information content (AvgIpc) is 2.33. The lowest BCUT2D eigenvalue weighted by molar-refractivity contribution is 0.434. The summed E-state index contributed by atoms with van der Waals surface area (Å²) < 4.78 is 0.943. The van der Waals surface area contributed by atoms with Crippen LogP contribution in [0.5, 0.6) is 5.75 Å². The van der Waals surface area contributed by atoms with E-state index in [9.17, 15) is 5.11 Å². The number of aromatic hydroxyl groups is 1. The molecule has 2 N–H and O–H groups in total. The summed E-state index contributed by atoms with van der Waals surface area (Å²) in [6.07, 6.45) is 0.863. The van der Waals surface area contributed by atoms with Crippen molar-refractivity contribution in [2.75, 3.05) is 6.54 Å². The topological polar surface area (TPSA) is 56.0 Å². The smallest absolute Gasteiger partial charge is 0.120 e. The van der Waals surface area contributed by atoms with Gasteiger partial charge in [0.1, 0.15) is 5.75 Å². The average molecular weight is 297 g/mol. The Labute approximate surface area is 111 Å². The highest BCUT2D eigenvalue weighted by molar-refractivity contribution is 9.10. The number of benzene rings is 1. The molecule has 0 aliphatic heterocycles. The molecule has 1 rings (SSSR count). The van der Waals surface area contributed by atoms with Gasteiger partial charge in [0, 0.05) is 22.6 Å². The van der Waals surface area contributed by atoms with E-state index in [1.165, 1.54) is 0 Å². The molecular weight excluding hydrogens is 280 g/mol. The SMILES string of the molecule is CCC(NCC(C)C#N)c1cc(Br)ccc1O. The van der Waals surface area contributed by atoms with Crippen LogP contribution in [0.15, 0.2) is 22.7 Å². The van der Waals surface area contributed by atoms with E-state index >= 15 is 0 Å². The zero-order valence-electron chi connectivity index (χ0n) is 10.1. The fourth-order valence-corrected chi connectivity index (χ4v) is 2.02. The second kappa shape index (κ2) is 6.63. The van der Waals surface area contributed by atoms with Crippen LogP contribution >= 0.6 is 15.9 Å². The highest BCUT2D eigenvalue weighted by Crippen LogP contribution is 2.29. The Hall–Kier alpha value is -1.05. The molecule has 1 aromatic carbocycles. The number of phenolic OH excluding ortho intramolecular Hbond substituents is 1. The molecule has 0 aliphatic carbocycles. The molecule has 92 valence electrons. The maximum absolute atomic E-state index is 9.83. The third-order valence-corrected chi connectivity index (χ3v) is 3.16. The van der Waals surface area contributed by atoms with E-state index in [-0.39, 0.29) is 17.7 Å². The van der Waals surface area contributed by atoms with Crippen molar-refractivity contribution in [3.8, 4) is 11.8 Å². The second-order valence-corrected chi connectivity index (χ2v) is 5.02. The molecule has 0 aliphatic rings. The Bertz CT molecular complexity index is 414. The van der Waals surface area contributed by atoms with Gasteiger partial charge in [0.2, 0.25) is 0 Å². The summed E-state index contributed by atoms with van der Waals surface area (Å²) in [5, 5.41) is 21.9. The first-order valence-corrected chi connectivity index (χ1v) is 6.49. The lowest BCUT2D eigenvalue weighted by atomic mass is 10.0. The van der Waals surface area contributed by atoms with Crippen molar-refractivity contribution in [2.24, 2.45) is 5.92 Å². The molecule has 0 fully saturated rings. The monoisotopic (exact) mass is 296 g/mol. The van der Waals surface area contributed by atoms with Gasteiger partial charge in [0.25, 0.3) is 0 Å². The zero-order valence-corrected chi connectivity index (χ0v) is 11.7. The van der Waals surface area contributed by atoms with Crippen molar-refractivity contribution in [3.05, 3.63) is 28.2 Å². The highest BCUT2D eigenvalue weighted by atomic mass is 79.9. The quantitative estimate of drug-likeness (QED) is 0.876. The van der Waals surface area contributed by atoms with Gasteiger partial charge < -0.3 is 10.4 Å². The molecule has 3 nitrogen and oxygen atoms in total. The molecule has 0 aromatic heterocycles. The highest BCUT2D eigenvalue weighted by Gasteiger charge is 2.14. The van der Waals surface area contributed by atoms with Gasteiger partial charge in [0.15, 0.2) is 0 Å². The summed E-state index contributed by atoms with van der Waals surface area (Å²) in [7, 11) is 0. The van der Waals surface area contributed by atoms with E-state index in [1.807, 2.05) is 19.1 Å². The molecule has 1 aromatic rings. The number of nitrogens with one attached hydrogen (secondary N) is 1. The first-order chi connectivity index (χ1) is 8.08. The molecule has 2 atom stereocenters. The van der Waals surface area contributed by atoms with E-state index in [2.05, 4.69) is 34.2 Å². The normalized spacial score (nSPS) is 14.0. The Morgan fingerprint density at radius 1 is 1.53 bits per heavy atom. The van der Waals surface area contributed by atoms with Crippen molar-refractivity contribution in [3.63, 3.8) is 0 Å². The molecule has 0 radical (unpaired) electrons. The van der Waals surface area contributed by atoms with Gasteiger partial charge in [-0.2, -0.15) is 5.26 Å². The van der Waals surface area contributed by atoms with Crippen LogP contribution in [0.25, 0.3) is 0 Å². The molecule has 4 heteroatoms. The van der Waals surface area contributed by atoms with E-state index in [0.29, 0.717) is 6.54 Å². The molecule has 17 heavy (non-hydrogen) atoms. The van der Waals surface area contributed by atoms with Crippen LogP contribution in [-0.2, 0) is 0 Å². The largest absolute Gasteiger partial charge is 0.508 e. The van der Waals surface area contributed by atoms with Gasteiger partial charge in [-0.1, -0.05) is 22.9 Å². The molecule has 0 bridgehead atoms. The maximum atomic E-state index is 9.83. The van der Waals surface area contributed by atoms with E-state index in [0.717, 1.165) is 16.5 Å². The fraction of sp³-hybridized carbons (Fsp3) is 0.462. The van der Waals surface area contributed by atoms with Gasteiger partial charge in [-0.3, -0.25) is 0 Å². The number of rotatable bonds is 5. The summed E-state index contributed by atoms with van der Waals surface area (Å²) >= 11 is 3.40. The number of halogens is 1. The fourth-order valence-electron chi connectivity index (χ4n) is 1.64. The summed E-state index contributed by atoms with van der Waals surface area (Å²) in [6.45, 7) is 4.55. The van der Waals surface area contributed by atoms with Gasteiger partial charge in [-0.25, -0.2) is 0 Å². The summed E-state index contributed by atoms with van der Waals surface area (Å²) in [5.74, 6) is 0.260. The molecule has 2 unspecified atom stereocenters. The standard InChI is InChI=1S/C13H17BrN2O/c1-3-12(16-8-9(2)7-15)11-6-10(14)4-5-13(11)17/h4-6,9,12,16-17H,3,8H2,1-2H3. The molecule has 0 saturated heterocycles. The van der Waals surface area contributed by atoms with E-state index in [1.54, 1.807) is 6.07 Å². The van der Waals surface area contributed by atoms with Crippen LogP contribution in [0, 0.1) is 17.2 Å². The van der Waals surface area contributed by atoms with E-state index < -0.39 is 0 Å². The first kappa shape index (κ1) is 14.0. The van der Waals surface area contributed by atoms with Crippen LogP contribution in [0.4, 0.5) is 0 Å². The zero-order chi connectivity index (χ0) is 12.8. The second-order valence-electron chi connectivity index (χ2n) is 4.10. The molecule has 0 heterocycles. The van der Waals surface area contributed by atoms with Crippen molar-refractivity contribution in [1.29, 1.82) is 5.26 Å². The number of phenols is 1. The summed E-state index contributed by atoms with van der Waals surface area (Å²) in [5.41, 5.74) is 0.868. The molecule has 0 spiro atoms. The number of hydrogen-bond acceptors (Lipinski definition) is 3. The van der Waals surface area contributed by atoms with Crippen LogP contribution in [0.1, 0.15) is 31.9 Å². The van der Waals surface area contributed by atoms with Crippen molar-refractivity contribution < 1.29 is 5.11 Å². The Morgan fingerprint density at radius 2 is 2.24 bits per heavy atom. The van der Waals surface area contributed by atoms with E-state index in [4.69, 9.17) is 5.26 Å². The van der Waals surface area contributed by atoms with Crippen LogP contribution < -0.4 is 5.32 Å². The molecule has 0 amide bonds. The van der Waals surface area contributed by atoms with Gasteiger partial charge in [-0.05, 0) is 31.5 Å². The van der Waals surface area contributed by atoms with Crippen LogP contribution in [-0.4, -0.2) is 11.7 Å². The number of hydrogen-bond donors (Lipinski definition) is 2. The Morgan fingerprint density at radius 3 is 2.82 bits per heavy atom. The summed E-state index contributed by atoms with van der Waals surface area (Å²) in [6, 6.07) is 7.66. The Balaban J connectivity index is 2.79. The van der Waals surface area contributed by atoms with Crippen LogP contribution in [0.3, 0.4) is 0 Å². The molecular formula is C13H17BrN2O. The predicted octanol–water partition coefficient (Wildman–Crippen LogP) is 3.36. The Kier molecular flexibility index (Phi) is 5.46.